The normalized spacial score (nSPS) is 10.0. The van der Waals surface area contributed by atoms with Crippen LogP contribution in [0.25, 0.3) is 0 Å². The van der Waals surface area contributed by atoms with E-state index >= 15 is 0 Å². The zero-order chi connectivity index (χ0) is 19.1. The van der Waals surface area contributed by atoms with Crippen LogP contribution in [-0.2, 0) is 9.53 Å². The maximum absolute atomic E-state index is 12.3. The molecule has 7 heteroatoms. The lowest BCUT2D eigenvalue weighted by Crippen LogP contribution is -2.21. The van der Waals surface area contributed by atoms with Crippen molar-refractivity contribution in [1.82, 2.24) is 0 Å². The third kappa shape index (κ3) is 4.44. The number of hydrogen-bond acceptors (Lipinski definition) is 6. The average molecular weight is 359 g/mol. The quantitative estimate of drug-likeness (QED) is 0.766. The Kier molecular flexibility index (Phi) is 6.43. The van der Waals surface area contributed by atoms with Crippen LogP contribution in [-0.4, -0.2) is 39.8 Å². The van der Waals surface area contributed by atoms with E-state index < -0.39 is 18.5 Å². The maximum atomic E-state index is 12.3. The van der Waals surface area contributed by atoms with Gasteiger partial charge in [-0.1, -0.05) is 12.1 Å². The molecule has 0 atom stereocenters. The molecular formula is C19H21NO6. The number of rotatable bonds is 7. The summed E-state index contributed by atoms with van der Waals surface area (Å²) in [7, 11) is 4.31. The van der Waals surface area contributed by atoms with Crippen molar-refractivity contribution in [3.63, 3.8) is 0 Å². The fraction of sp³-hybridized carbons (Fsp3) is 0.263. The van der Waals surface area contributed by atoms with Gasteiger partial charge in [0.25, 0.3) is 5.91 Å². The zero-order valence-electron chi connectivity index (χ0n) is 15.1. The van der Waals surface area contributed by atoms with Crippen LogP contribution in [0.1, 0.15) is 15.9 Å². The highest BCUT2D eigenvalue weighted by molar-refractivity contribution is 5.97. The van der Waals surface area contributed by atoms with Crippen LogP contribution >= 0.6 is 0 Å². The first-order valence-electron chi connectivity index (χ1n) is 7.82. The van der Waals surface area contributed by atoms with E-state index in [1.165, 1.54) is 27.4 Å². The van der Waals surface area contributed by atoms with Crippen molar-refractivity contribution in [1.29, 1.82) is 0 Å². The Morgan fingerprint density at radius 2 is 1.69 bits per heavy atom. The molecule has 7 nitrogen and oxygen atoms in total. The Labute approximate surface area is 151 Å². The largest absolute Gasteiger partial charge is 0.493 e. The van der Waals surface area contributed by atoms with Crippen molar-refractivity contribution in [3.8, 4) is 17.2 Å². The van der Waals surface area contributed by atoms with E-state index in [1.807, 2.05) is 25.1 Å². The van der Waals surface area contributed by atoms with Crippen LogP contribution in [0.4, 0.5) is 5.69 Å². The zero-order valence-corrected chi connectivity index (χ0v) is 15.1. The smallest absolute Gasteiger partial charge is 0.342 e. The second-order valence-corrected chi connectivity index (χ2v) is 5.38. The van der Waals surface area contributed by atoms with E-state index in [0.717, 1.165) is 5.56 Å². The predicted molar refractivity (Wildman–Crippen MR) is 96.2 cm³/mol. The van der Waals surface area contributed by atoms with Crippen LogP contribution in [0, 0.1) is 6.92 Å². The molecule has 0 spiro atoms. The van der Waals surface area contributed by atoms with Gasteiger partial charge in [0.2, 0.25) is 5.75 Å². The van der Waals surface area contributed by atoms with Crippen LogP contribution in [0.3, 0.4) is 0 Å². The number of anilines is 1. The number of carbonyl (C=O) groups excluding carboxylic acids is 2. The number of carbonyl (C=O) groups is 2. The monoisotopic (exact) mass is 359 g/mol. The summed E-state index contributed by atoms with van der Waals surface area (Å²) >= 11 is 0. The van der Waals surface area contributed by atoms with E-state index in [1.54, 1.807) is 12.1 Å². The standard InChI is InChI=1S/C19H21NO6/c1-12-6-5-7-13(10-12)20-16(21)11-26-19(22)14-8-9-15(23-2)18(25-4)17(14)24-3/h5-10H,11H2,1-4H3,(H,20,21). The molecule has 2 aromatic carbocycles. The lowest BCUT2D eigenvalue weighted by Gasteiger charge is -2.15. The first-order valence-corrected chi connectivity index (χ1v) is 7.82. The number of esters is 1. The number of ether oxygens (including phenoxy) is 4. The van der Waals surface area contributed by atoms with E-state index in [0.29, 0.717) is 11.4 Å². The highest BCUT2D eigenvalue weighted by atomic mass is 16.5. The third-order valence-corrected chi connectivity index (χ3v) is 3.56. The highest BCUT2D eigenvalue weighted by Gasteiger charge is 2.22. The van der Waals surface area contributed by atoms with Gasteiger partial charge in [0, 0.05) is 5.69 Å². The molecule has 0 heterocycles. The summed E-state index contributed by atoms with van der Waals surface area (Å²) in [6.45, 7) is 1.49. The Bertz CT molecular complexity index is 803. The number of hydrogen-bond donors (Lipinski definition) is 1. The molecular weight excluding hydrogens is 338 g/mol. The van der Waals surface area contributed by atoms with E-state index in [-0.39, 0.29) is 17.1 Å². The number of methoxy groups -OCH3 is 3. The second kappa shape index (κ2) is 8.75. The fourth-order valence-corrected chi connectivity index (χ4v) is 2.39. The molecule has 1 amide bonds. The van der Waals surface area contributed by atoms with Gasteiger partial charge in [-0.2, -0.15) is 0 Å². The summed E-state index contributed by atoms with van der Waals surface area (Å²) in [5.41, 5.74) is 1.78. The number of aryl methyl sites for hydroxylation is 1. The molecule has 26 heavy (non-hydrogen) atoms. The van der Waals surface area contributed by atoms with Gasteiger partial charge in [-0.05, 0) is 36.8 Å². The van der Waals surface area contributed by atoms with Crippen molar-refractivity contribution in [2.24, 2.45) is 0 Å². The van der Waals surface area contributed by atoms with Crippen molar-refractivity contribution < 1.29 is 28.5 Å². The molecule has 0 saturated carbocycles. The number of nitrogens with one attached hydrogen (secondary N) is 1. The molecule has 0 unspecified atom stereocenters. The Morgan fingerprint density at radius 1 is 0.962 bits per heavy atom. The maximum Gasteiger partial charge on any atom is 0.342 e. The molecule has 1 N–H and O–H groups in total. The van der Waals surface area contributed by atoms with Gasteiger partial charge in [-0.25, -0.2) is 4.79 Å². The summed E-state index contributed by atoms with van der Waals surface area (Å²) in [6.07, 6.45) is 0. The lowest BCUT2D eigenvalue weighted by atomic mass is 10.1. The minimum Gasteiger partial charge on any atom is -0.493 e. The number of amides is 1. The van der Waals surface area contributed by atoms with Crippen LogP contribution in [0.15, 0.2) is 36.4 Å². The van der Waals surface area contributed by atoms with Crippen molar-refractivity contribution in [2.75, 3.05) is 33.3 Å². The summed E-state index contributed by atoms with van der Waals surface area (Å²) in [5.74, 6) is -0.284. The molecule has 0 aliphatic carbocycles. The molecule has 0 saturated heterocycles. The van der Waals surface area contributed by atoms with Gasteiger partial charge in [-0.15, -0.1) is 0 Å². The third-order valence-electron chi connectivity index (χ3n) is 3.56. The molecule has 0 radical (unpaired) electrons. The Hall–Kier alpha value is -3.22. The van der Waals surface area contributed by atoms with Gasteiger partial charge in [0.05, 0.1) is 21.3 Å². The van der Waals surface area contributed by atoms with E-state index in [2.05, 4.69) is 5.32 Å². The molecule has 2 rings (SSSR count). The summed E-state index contributed by atoms with van der Waals surface area (Å²) in [5, 5.41) is 2.67. The Morgan fingerprint density at radius 3 is 2.31 bits per heavy atom. The average Bonchev–Trinajstić information content (AvgIpc) is 2.64. The topological polar surface area (TPSA) is 83.1 Å². The SMILES string of the molecule is COc1ccc(C(=O)OCC(=O)Nc2cccc(C)c2)c(OC)c1OC. The van der Waals surface area contributed by atoms with Gasteiger partial charge >= 0.3 is 5.97 Å². The van der Waals surface area contributed by atoms with Crippen molar-refractivity contribution in [3.05, 3.63) is 47.5 Å². The molecule has 0 aromatic heterocycles. The van der Waals surface area contributed by atoms with E-state index in [4.69, 9.17) is 18.9 Å². The molecule has 0 fully saturated rings. The summed E-state index contributed by atoms with van der Waals surface area (Å²) in [6, 6.07) is 10.4. The summed E-state index contributed by atoms with van der Waals surface area (Å²) in [4.78, 5) is 24.3. The lowest BCUT2D eigenvalue weighted by molar-refractivity contribution is -0.119. The molecule has 0 aliphatic heterocycles. The van der Waals surface area contributed by atoms with Crippen LogP contribution in [0.2, 0.25) is 0 Å². The van der Waals surface area contributed by atoms with Gasteiger partial charge in [0.15, 0.2) is 18.1 Å². The minimum atomic E-state index is -0.706. The first-order chi connectivity index (χ1) is 12.5. The van der Waals surface area contributed by atoms with Crippen LogP contribution in [0.5, 0.6) is 17.2 Å². The van der Waals surface area contributed by atoms with Gasteiger partial charge in [-0.3, -0.25) is 4.79 Å². The van der Waals surface area contributed by atoms with Gasteiger partial charge in [0.1, 0.15) is 5.56 Å². The predicted octanol–water partition coefficient (Wildman–Crippen LogP) is 2.82. The fourth-order valence-electron chi connectivity index (χ4n) is 2.39. The van der Waals surface area contributed by atoms with Gasteiger partial charge < -0.3 is 24.3 Å². The van der Waals surface area contributed by atoms with Crippen molar-refractivity contribution in [2.45, 2.75) is 6.92 Å². The number of benzene rings is 2. The molecule has 138 valence electrons. The second-order valence-electron chi connectivity index (χ2n) is 5.38. The Balaban J connectivity index is 2.06. The highest BCUT2D eigenvalue weighted by Crippen LogP contribution is 2.39. The summed E-state index contributed by atoms with van der Waals surface area (Å²) < 4.78 is 20.7. The molecule has 0 bridgehead atoms. The van der Waals surface area contributed by atoms with E-state index in [9.17, 15) is 9.59 Å². The minimum absolute atomic E-state index is 0.133. The molecule has 0 aliphatic rings. The molecule has 2 aromatic rings. The van der Waals surface area contributed by atoms with Crippen molar-refractivity contribution >= 4 is 17.6 Å². The first kappa shape index (κ1) is 19.1. The van der Waals surface area contributed by atoms with Crippen LogP contribution < -0.4 is 19.5 Å².